The van der Waals surface area contributed by atoms with Crippen molar-refractivity contribution in [1.82, 2.24) is 4.57 Å². The highest BCUT2D eigenvalue weighted by atomic mass is 16.1. The van der Waals surface area contributed by atoms with Gasteiger partial charge in [0.05, 0.1) is 5.52 Å². The molecule has 1 heterocycles. The van der Waals surface area contributed by atoms with Gasteiger partial charge in [0, 0.05) is 29.1 Å². The molecule has 3 aromatic rings. The van der Waals surface area contributed by atoms with Crippen LogP contribution in [-0.4, -0.2) is 4.57 Å². The van der Waals surface area contributed by atoms with Crippen LogP contribution < -0.4 is 5.43 Å². The van der Waals surface area contributed by atoms with Gasteiger partial charge in [-0.25, -0.2) is 0 Å². The number of hydrogen-bond acceptors (Lipinski definition) is 1. The number of pyridine rings is 1. The molecule has 2 heteroatoms. The summed E-state index contributed by atoms with van der Waals surface area (Å²) in [4.78, 5) is 12.4. The third kappa shape index (κ3) is 2.69. The van der Waals surface area contributed by atoms with E-state index in [0.29, 0.717) is 0 Å². The zero-order valence-electron chi connectivity index (χ0n) is 13.3. The van der Waals surface area contributed by atoms with E-state index in [4.69, 9.17) is 0 Å². The summed E-state index contributed by atoms with van der Waals surface area (Å²) >= 11 is 0. The molecule has 0 saturated heterocycles. The number of fused-ring (bicyclic) bond motifs is 1. The van der Waals surface area contributed by atoms with Crippen molar-refractivity contribution in [1.29, 1.82) is 0 Å². The van der Waals surface area contributed by atoms with E-state index >= 15 is 0 Å². The van der Waals surface area contributed by atoms with Crippen molar-refractivity contribution < 1.29 is 0 Å². The summed E-state index contributed by atoms with van der Waals surface area (Å²) in [7, 11) is 0. The lowest BCUT2D eigenvalue weighted by atomic mass is 9.90. The lowest BCUT2D eigenvalue weighted by Gasteiger charge is -2.26. The van der Waals surface area contributed by atoms with Crippen molar-refractivity contribution >= 4 is 10.9 Å². The molecule has 0 bridgehead atoms. The van der Waals surface area contributed by atoms with Gasteiger partial charge in [0.1, 0.15) is 0 Å². The second-order valence-electron chi connectivity index (χ2n) is 6.73. The van der Waals surface area contributed by atoms with E-state index in [2.05, 4.69) is 49.6 Å². The maximum Gasteiger partial charge on any atom is 0.189 e. The van der Waals surface area contributed by atoms with E-state index in [-0.39, 0.29) is 10.8 Å². The number of aromatic nitrogens is 1. The van der Waals surface area contributed by atoms with E-state index in [9.17, 15) is 4.79 Å². The van der Waals surface area contributed by atoms with E-state index in [1.54, 1.807) is 6.07 Å². The molecule has 0 saturated carbocycles. The second kappa shape index (κ2) is 5.45. The SMILES string of the molecule is CC(C)(C)c1cc(=O)c2ccccc2n1Cc1ccccc1. The van der Waals surface area contributed by atoms with E-state index in [1.165, 1.54) is 5.56 Å². The summed E-state index contributed by atoms with van der Waals surface area (Å²) in [5, 5.41) is 0.784. The fraction of sp³-hybridized carbons (Fsp3) is 0.250. The van der Waals surface area contributed by atoms with Gasteiger partial charge < -0.3 is 4.57 Å². The zero-order chi connectivity index (χ0) is 15.7. The van der Waals surface area contributed by atoms with Crippen molar-refractivity contribution in [2.24, 2.45) is 0 Å². The van der Waals surface area contributed by atoms with Gasteiger partial charge >= 0.3 is 0 Å². The molecule has 0 amide bonds. The normalized spacial score (nSPS) is 11.8. The monoisotopic (exact) mass is 291 g/mol. The van der Waals surface area contributed by atoms with Crippen LogP contribution in [0.1, 0.15) is 32.0 Å². The lowest BCUT2D eigenvalue weighted by Crippen LogP contribution is -2.24. The molecule has 0 aliphatic heterocycles. The third-order valence-electron chi connectivity index (χ3n) is 3.97. The lowest BCUT2D eigenvalue weighted by molar-refractivity contribution is 0.531. The van der Waals surface area contributed by atoms with Gasteiger partial charge in [0.25, 0.3) is 0 Å². The van der Waals surface area contributed by atoms with Gasteiger partial charge in [-0.05, 0) is 17.7 Å². The quantitative estimate of drug-likeness (QED) is 0.688. The molecule has 0 radical (unpaired) electrons. The van der Waals surface area contributed by atoms with Crippen LogP contribution in [0.3, 0.4) is 0 Å². The average molecular weight is 291 g/mol. The van der Waals surface area contributed by atoms with Gasteiger partial charge in [-0.1, -0.05) is 63.2 Å². The highest BCUT2D eigenvalue weighted by Gasteiger charge is 2.20. The first-order chi connectivity index (χ1) is 10.5. The minimum atomic E-state index is -0.0853. The predicted octanol–water partition coefficient (Wildman–Crippen LogP) is 4.35. The topological polar surface area (TPSA) is 22.0 Å². The molecule has 0 N–H and O–H groups in total. The Morgan fingerprint density at radius 3 is 2.23 bits per heavy atom. The fourth-order valence-electron chi connectivity index (χ4n) is 2.88. The molecular weight excluding hydrogens is 270 g/mol. The summed E-state index contributed by atoms with van der Waals surface area (Å²) in [6, 6.07) is 20.0. The predicted molar refractivity (Wildman–Crippen MR) is 92.5 cm³/mol. The standard InChI is InChI=1S/C20H21NO/c1-20(2,3)19-13-18(22)16-11-7-8-12-17(16)21(19)14-15-9-5-4-6-10-15/h4-13H,14H2,1-3H3. The molecule has 0 unspecified atom stereocenters. The molecule has 0 aliphatic rings. The van der Waals surface area contributed by atoms with E-state index < -0.39 is 0 Å². The molecule has 0 fully saturated rings. The molecule has 0 aliphatic carbocycles. The molecule has 3 rings (SSSR count). The summed E-state index contributed by atoms with van der Waals surface area (Å²) < 4.78 is 2.27. The maximum atomic E-state index is 12.4. The van der Waals surface area contributed by atoms with Gasteiger partial charge in [-0.2, -0.15) is 0 Å². The second-order valence-corrected chi connectivity index (χ2v) is 6.73. The molecule has 112 valence electrons. The van der Waals surface area contributed by atoms with Crippen molar-refractivity contribution in [2.75, 3.05) is 0 Å². The molecule has 0 spiro atoms. The molecule has 0 atom stereocenters. The zero-order valence-corrected chi connectivity index (χ0v) is 13.3. The highest BCUT2D eigenvalue weighted by Crippen LogP contribution is 2.25. The Morgan fingerprint density at radius 2 is 1.55 bits per heavy atom. The van der Waals surface area contributed by atoms with Gasteiger partial charge in [-0.15, -0.1) is 0 Å². The smallest absolute Gasteiger partial charge is 0.189 e. The first kappa shape index (κ1) is 14.6. The number of para-hydroxylation sites is 1. The maximum absolute atomic E-state index is 12.4. The summed E-state index contributed by atoms with van der Waals surface area (Å²) in [5.74, 6) is 0. The largest absolute Gasteiger partial charge is 0.339 e. The number of benzene rings is 2. The number of hydrogen-bond donors (Lipinski definition) is 0. The molecule has 2 aromatic carbocycles. The average Bonchev–Trinajstić information content (AvgIpc) is 2.50. The molecule has 1 aromatic heterocycles. The third-order valence-corrected chi connectivity index (χ3v) is 3.97. The Labute approximate surface area is 131 Å². The van der Waals surface area contributed by atoms with Crippen LogP contribution in [0.2, 0.25) is 0 Å². The summed E-state index contributed by atoms with van der Waals surface area (Å²) in [5.41, 5.74) is 3.33. The van der Waals surface area contributed by atoms with Crippen LogP contribution in [0.15, 0.2) is 65.5 Å². The first-order valence-corrected chi connectivity index (χ1v) is 7.64. The van der Waals surface area contributed by atoms with E-state index in [1.807, 2.05) is 30.3 Å². The number of nitrogens with zero attached hydrogens (tertiary/aromatic N) is 1. The Bertz CT molecular complexity index is 854. The van der Waals surface area contributed by atoms with Gasteiger partial charge in [-0.3, -0.25) is 4.79 Å². The van der Waals surface area contributed by atoms with E-state index in [0.717, 1.165) is 23.1 Å². The Balaban J connectivity index is 2.29. The molecular formula is C20H21NO. The van der Waals surface area contributed by atoms with Crippen LogP contribution in [0.5, 0.6) is 0 Å². The van der Waals surface area contributed by atoms with Crippen LogP contribution in [0.4, 0.5) is 0 Å². The summed E-state index contributed by atoms with van der Waals surface area (Å²) in [6.45, 7) is 7.22. The number of rotatable bonds is 2. The molecule has 22 heavy (non-hydrogen) atoms. The fourth-order valence-corrected chi connectivity index (χ4v) is 2.88. The van der Waals surface area contributed by atoms with Gasteiger partial charge in [0.2, 0.25) is 0 Å². The van der Waals surface area contributed by atoms with Crippen LogP contribution in [0.25, 0.3) is 10.9 Å². The van der Waals surface area contributed by atoms with Crippen molar-refractivity contribution in [3.8, 4) is 0 Å². The van der Waals surface area contributed by atoms with Crippen LogP contribution in [-0.2, 0) is 12.0 Å². The van der Waals surface area contributed by atoms with Crippen LogP contribution in [0, 0.1) is 0 Å². The highest BCUT2D eigenvalue weighted by molar-refractivity contribution is 5.79. The van der Waals surface area contributed by atoms with Crippen molar-refractivity contribution in [2.45, 2.75) is 32.7 Å². The Hall–Kier alpha value is -2.35. The van der Waals surface area contributed by atoms with Crippen LogP contribution >= 0.6 is 0 Å². The summed E-state index contributed by atoms with van der Waals surface area (Å²) in [6.07, 6.45) is 0. The van der Waals surface area contributed by atoms with Gasteiger partial charge in [0.15, 0.2) is 5.43 Å². The Morgan fingerprint density at radius 1 is 0.909 bits per heavy atom. The minimum absolute atomic E-state index is 0.0853. The van der Waals surface area contributed by atoms with Crippen molar-refractivity contribution in [3.63, 3.8) is 0 Å². The van der Waals surface area contributed by atoms with Crippen molar-refractivity contribution in [3.05, 3.63) is 82.1 Å². The Kier molecular flexibility index (Phi) is 3.61. The minimum Gasteiger partial charge on any atom is -0.339 e. The molecule has 2 nitrogen and oxygen atoms in total. The first-order valence-electron chi connectivity index (χ1n) is 7.64.